The fourth-order valence-electron chi connectivity index (χ4n) is 3.99. The fraction of sp³-hybridized carbons (Fsp3) is 0.407. The van der Waals surface area contributed by atoms with Crippen LogP contribution in [0.5, 0.6) is 17.2 Å². The first-order valence-corrected chi connectivity index (χ1v) is 11.7. The highest BCUT2D eigenvalue weighted by atomic mass is 16.5. The minimum atomic E-state index is -0.814. The number of ether oxygens (including phenoxy) is 2. The first kappa shape index (κ1) is 25.1. The van der Waals surface area contributed by atoms with Crippen molar-refractivity contribution in [3.63, 3.8) is 0 Å². The maximum atomic E-state index is 13.1. The fourth-order valence-corrected chi connectivity index (χ4v) is 3.99. The van der Waals surface area contributed by atoms with Gasteiger partial charge in [0.15, 0.2) is 11.5 Å². The molecule has 7 nitrogen and oxygen atoms in total. The summed E-state index contributed by atoms with van der Waals surface area (Å²) in [6, 6.07) is 10.7. The molecule has 1 unspecified atom stereocenters. The number of ketones is 1. The summed E-state index contributed by atoms with van der Waals surface area (Å²) in [5.41, 5.74) is 0.931. The molecule has 7 heteroatoms. The minimum absolute atomic E-state index is 0.00177. The van der Waals surface area contributed by atoms with Crippen LogP contribution in [0.1, 0.15) is 57.2 Å². The van der Waals surface area contributed by atoms with E-state index in [0.29, 0.717) is 35.9 Å². The van der Waals surface area contributed by atoms with E-state index in [9.17, 15) is 19.8 Å². The zero-order valence-corrected chi connectivity index (χ0v) is 20.2. The van der Waals surface area contributed by atoms with Gasteiger partial charge < -0.3 is 24.6 Å². The normalized spacial score (nSPS) is 17.4. The molecule has 0 bridgehead atoms. The van der Waals surface area contributed by atoms with Crippen molar-refractivity contribution >= 4 is 17.4 Å². The molecule has 1 aliphatic rings. The second-order valence-corrected chi connectivity index (χ2v) is 8.86. The molecule has 34 heavy (non-hydrogen) atoms. The molecular formula is C27H33NO6. The maximum absolute atomic E-state index is 13.1. The van der Waals surface area contributed by atoms with E-state index in [1.807, 2.05) is 0 Å². The van der Waals surface area contributed by atoms with Crippen LogP contribution in [-0.2, 0) is 9.59 Å². The third kappa shape index (κ3) is 5.35. The van der Waals surface area contributed by atoms with Gasteiger partial charge in [-0.2, -0.15) is 0 Å². The zero-order chi connectivity index (χ0) is 24.8. The zero-order valence-electron chi connectivity index (χ0n) is 20.2. The maximum Gasteiger partial charge on any atom is 0.295 e. The van der Waals surface area contributed by atoms with E-state index in [-0.39, 0.29) is 22.8 Å². The monoisotopic (exact) mass is 467 g/mol. The van der Waals surface area contributed by atoms with E-state index in [2.05, 4.69) is 20.8 Å². The van der Waals surface area contributed by atoms with Crippen LogP contribution < -0.4 is 9.47 Å². The number of phenols is 1. The van der Waals surface area contributed by atoms with Crippen LogP contribution in [0.3, 0.4) is 0 Å². The molecule has 0 radical (unpaired) electrons. The van der Waals surface area contributed by atoms with E-state index in [0.717, 1.165) is 19.3 Å². The number of phenolic OH excluding ortho intramolecular Hbond substituents is 1. The van der Waals surface area contributed by atoms with Crippen LogP contribution in [0.2, 0.25) is 0 Å². The number of rotatable bonds is 10. The highest BCUT2D eigenvalue weighted by Gasteiger charge is 2.46. The predicted molar refractivity (Wildman–Crippen MR) is 130 cm³/mol. The number of methoxy groups -OCH3 is 1. The van der Waals surface area contributed by atoms with E-state index < -0.39 is 17.7 Å². The number of carbonyl (C=O) groups is 2. The van der Waals surface area contributed by atoms with Crippen LogP contribution in [0.25, 0.3) is 5.76 Å². The summed E-state index contributed by atoms with van der Waals surface area (Å²) in [7, 11) is 1.44. The van der Waals surface area contributed by atoms with Gasteiger partial charge in [0.1, 0.15) is 11.5 Å². The highest BCUT2D eigenvalue weighted by Crippen LogP contribution is 2.42. The molecule has 0 spiro atoms. The summed E-state index contributed by atoms with van der Waals surface area (Å²) in [6.07, 6.45) is 2.59. The van der Waals surface area contributed by atoms with Crippen molar-refractivity contribution in [3.05, 3.63) is 59.2 Å². The van der Waals surface area contributed by atoms with Gasteiger partial charge in [-0.25, -0.2) is 0 Å². The lowest BCUT2D eigenvalue weighted by Gasteiger charge is -2.25. The molecule has 3 rings (SSSR count). The predicted octanol–water partition coefficient (Wildman–Crippen LogP) is 5.05. The summed E-state index contributed by atoms with van der Waals surface area (Å²) in [4.78, 5) is 27.5. The van der Waals surface area contributed by atoms with Crippen molar-refractivity contribution in [1.82, 2.24) is 4.90 Å². The van der Waals surface area contributed by atoms with E-state index >= 15 is 0 Å². The van der Waals surface area contributed by atoms with Gasteiger partial charge in [0, 0.05) is 12.1 Å². The Morgan fingerprint density at radius 3 is 2.38 bits per heavy atom. The number of aromatic hydroxyl groups is 1. The Morgan fingerprint density at radius 1 is 1.09 bits per heavy atom. The number of unbranched alkanes of at least 4 members (excludes halogenated alkanes) is 2. The molecule has 1 atom stereocenters. The smallest absolute Gasteiger partial charge is 0.295 e. The van der Waals surface area contributed by atoms with Crippen LogP contribution in [0.4, 0.5) is 0 Å². The molecular weight excluding hydrogens is 434 g/mol. The number of aliphatic hydroxyl groups is 1. The molecule has 1 heterocycles. The molecule has 0 saturated carbocycles. The van der Waals surface area contributed by atoms with Gasteiger partial charge in [0.2, 0.25) is 0 Å². The van der Waals surface area contributed by atoms with Crippen LogP contribution >= 0.6 is 0 Å². The SMILES string of the molecule is CCCCCN1C(=O)C(=O)/C(=C(\O)c2ccc(OCC(C)C)cc2)C1c1ccc(OC)c(O)c1. The number of carbonyl (C=O) groups excluding carboxylic acids is 2. The lowest BCUT2D eigenvalue weighted by Crippen LogP contribution is -2.30. The van der Waals surface area contributed by atoms with Crippen LogP contribution in [0.15, 0.2) is 48.0 Å². The van der Waals surface area contributed by atoms with Gasteiger partial charge in [0.25, 0.3) is 11.7 Å². The largest absolute Gasteiger partial charge is 0.507 e. The van der Waals surface area contributed by atoms with Gasteiger partial charge in [-0.05, 0) is 54.3 Å². The van der Waals surface area contributed by atoms with E-state index in [1.54, 1.807) is 36.4 Å². The van der Waals surface area contributed by atoms with Gasteiger partial charge >= 0.3 is 0 Å². The lowest BCUT2D eigenvalue weighted by atomic mass is 9.95. The number of Topliss-reactive ketones (excluding diaryl/α,β-unsaturated/α-hetero) is 1. The molecule has 2 aromatic rings. The van der Waals surface area contributed by atoms with Crippen LogP contribution in [0, 0.1) is 5.92 Å². The molecule has 2 aromatic carbocycles. The molecule has 1 amide bonds. The number of hydrogen-bond acceptors (Lipinski definition) is 6. The second-order valence-electron chi connectivity index (χ2n) is 8.86. The Hall–Kier alpha value is -3.48. The lowest BCUT2D eigenvalue weighted by molar-refractivity contribution is -0.139. The Balaban J connectivity index is 2.04. The van der Waals surface area contributed by atoms with Crippen molar-refractivity contribution in [3.8, 4) is 17.2 Å². The molecule has 1 saturated heterocycles. The van der Waals surface area contributed by atoms with Gasteiger partial charge in [-0.1, -0.05) is 39.7 Å². The third-order valence-electron chi connectivity index (χ3n) is 5.77. The average molecular weight is 468 g/mol. The molecule has 1 aliphatic heterocycles. The van der Waals surface area contributed by atoms with Gasteiger partial charge in [0.05, 0.1) is 25.3 Å². The number of benzene rings is 2. The summed E-state index contributed by atoms with van der Waals surface area (Å²) in [5.74, 6) is -0.453. The van der Waals surface area contributed by atoms with Gasteiger partial charge in [-0.15, -0.1) is 0 Å². The minimum Gasteiger partial charge on any atom is -0.507 e. The third-order valence-corrected chi connectivity index (χ3v) is 5.77. The summed E-state index contributed by atoms with van der Waals surface area (Å²) in [5, 5.41) is 21.5. The highest BCUT2D eigenvalue weighted by molar-refractivity contribution is 6.46. The van der Waals surface area contributed by atoms with Gasteiger partial charge in [-0.3, -0.25) is 9.59 Å². The number of amides is 1. The van der Waals surface area contributed by atoms with E-state index in [4.69, 9.17) is 9.47 Å². The first-order chi connectivity index (χ1) is 16.3. The number of nitrogens with zero attached hydrogens (tertiary/aromatic N) is 1. The van der Waals surface area contributed by atoms with E-state index in [1.165, 1.54) is 18.1 Å². The number of likely N-dealkylation sites (tertiary alicyclic amines) is 1. The average Bonchev–Trinajstić information content (AvgIpc) is 3.07. The van der Waals surface area contributed by atoms with Crippen molar-refractivity contribution < 1.29 is 29.3 Å². The molecule has 2 N–H and O–H groups in total. The number of hydrogen-bond donors (Lipinski definition) is 2. The Bertz CT molecular complexity index is 1060. The standard InChI is InChI=1S/C27H33NO6/c1-5-6-7-14-28-24(19-10-13-22(33-4)21(29)15-19)23(26(31)27(28)32)25(30)18-8-11-20(12-9-18)34-16-17(2)3/h8-13,15,17,24,29-30H,5-7,14,16H2,1-4H3/b25-23-. The van der Waals surface area contributed by atoms with Crippen molar-refractivity contribution in [2.75, 3.05) is 20.3 Å². The van der Waals surface area contributed by atoms with Crippen molar-refractivity contribution in [2.45, 2.75) is 46.1 Å². The summed E-state index contributed by atoms with van der Waals surface area (Å²) in [6.45, 7) is 7.10. The Morgan fingerprint density at radius 2 is 1.79 bits per heavy atom. The number of aliphatic hydroxyl groups excluding tert-OH is 1. The quantitative estimate of drug-likeness (QED) is 0.220. The topological polar surface area (TPSA) is 96.3 Å². The van der Waals surface area contributed by atoms with Crippen molar-refractivity contribution in [1.29, 1.82) is 0 Å². The van der Waals surface area contributed by atoms with Crippen molar-refractivity contribution in [2.24, 2.45) is 5.92 Å². The molecule has 1 fully saturated rings. The molecule has 182 valence electrons. The van der Waals surface area contributed by atoms with Crippen LogP contribution in [-0.4, -0.2) is 47.1 Å². The Labute approximate surface area is 200 Å². The summed E-state index contributed by atoms with van der Waals surface area (Å²) < 4.78 is 10.8. The second kappa shape index (κ2) is 11.1. The Kier molecular flexibility index (Phi) is 8.21. The molecule has 0 aromatic heterocycles. The summed E-state index contributed by atoms with van der Waals surface area (Å²) >= 11 is 0. The first-order valence-electron chi connectivity index (χ1n) is 11.7. The molecule has 0 aliphatic carbocycles.